The van der Waals surface area contributed by atoms with Gasteiger partial charge >= 0.3 is 0 Å². The molecule has 0 spiro atoms. The Morgan fingerprint density at radius 3 is 1.71 bits per heavy atom. The summed E-state index contributed by atoms with van der Waals surface area (Å²) in [5.74, 6) is 0.888. The highest BCUT2D eigenvalue weighted by molar-refractivity contribution is 6.23. The largest absolute Gasteiger partial charge is 0.310 e. The summed E-state index contributed by atoms with van der Waals surface area (Å²) < 4.78 is 7.35. The molecule has 0 saturated carbocycles. The Morgan fingerprint density at radius 2 is 0.969 bits per heavy atom. The molecule has 0 amide bonds. The van der Waals surface area contributed by atoms with E-state index in [1.165, 1.54) is 71.5 Å². The van der Waals surface area contributed by atoms with Crippen molar-refractivity contribution in [1.82, 2.24) is 18.7 Å². The van der Waals surface area contributed by atoms with Gasteiger partial charge in [0.25, 0.3) is 0 Å². The predicted molar refractivity (Wildman–Crippen MR) is 269 cm³/mol. The van der Waals surface area contributed by atoms with Crippen molar-refractivity contribution in [3.05, 3.63) is 247 Å². The van der Waals surface area contributed by atoms with Crippen molar-refractivity contribution >= 4 is 72.0 Å². The van der Waals surface area contributed by atoms with Crippen molar-refractivity contribution in [1.29, 1.82) is 0 Å². The minimum Gasteiger partial charge on any atom is -0.310 e. The van der Waals surface area contributed by atoms with E-state index in [0.29, 0.717) is 0 Å². The van der Waals surface area contributed by atoms with E-state index < -0.39 is 0 Å². The molecule has 0 fully saturated rings. The molecule has 4 aromatic heterocycles. The van der Waals surface area contributed by atoms with Gasteiger partial charge in [-0.2, -0.15) is 0 Å². The third-order valence-corrected chi connectivity index (χ3v) is 13.6. The maximum atomic E-state index is 5.33. The quantitative estimate of drug-likeness (QED) is 0.173. The number of aromatic nitrogens is 4. The van der Waals surface area contributed by atoms with E-state index in [1.807, 2.05) is 0 Å². The Labute approximate surface area is 375 Å². The van der Waals surface area contributed by atoms with Crippen molar-refractivity contribution in [2.45, 2.75) is 5.92 Å². The molecular formula is C60H39N5. The fourth-order valence-corrected chi connectivity index (χ4v) is 11.0. The molecule has 2 bridgehead atoms. The molecule has 5 heterocycles. The molecule has 5 nitrogen and oxygen atoms in total. The van der Waals surface area contributed by atoms with E-state index in [0.717, 1.165) is 45.4 Å². The summed E-state index contributed by atoms with van der Waals surface area (Å²) in [7, 11) is 0. The fourth-order valence-electron chi connectivity index (χ4n) is 11.0. The summed E-state index contributed by atoms with van der Waals surface area (Å²) in [6.07, 6.45) is 7.10. The minimum atomic E-state index is -0.0225. The van der Waals surface area contributed by atoms with Gasteiger partial charge in [-0.15, -0.1) is 0 Å². The topological polar surface area (TPSA) is 30.9 Å². The van der Waals surface area contributed by atoms with E-state index in [4.69, 9.17) is 4.98 Å². The van der Waals surface area contributed by atoms with Gasteiger partial charge in [0.1, 0.15) is 5.82 Å². The van der Waals surface area contributed by atoms with Crippen LogP contribution in [0.3, 0.4) is 0 Å². The summed E-state index contributed by atoms with van der Waals surface area (Å²) in [6.45, 7) is 0. The summed E-state index contributed by atoms with van der Waals surface area (Å²) in [5.41, 5.74) is 17.3. The average molecular weight is 830 g/mol. The smallest absolute Gasteiger partial charge is 0.138 e. The lowest BCUT2D eigenvalue weighted by Gasteiger charge is -2.35. The lowest BCUT2D eigenvalue weighted by molar-refractivity contribution is 0.863. The number of para-hydroxylation sites is 5. The van der Waals surface area contributed by atoms with Gasteiger partial charge in [0.15, 0.2) is 0 Å². The molecular weight excluding hydrogens is 791 g/mol. The summed E-state index contributed by atoms with van der Waals surface area (Å²) in [4.78, 5) is 7.78. The molecule has 2 aliphatic rings. The Kier molecular flexibility index (Phi) is 7.68. The summed E-state index contributed by atoms with van der Waals surface area (Å²) in [5, 5.41) is 6.15. The molecule has 0 saturated heterocycles. The lowest BCUT2D eigenvalue weighted by atomic mass is 9.88. The maximum Gasteiger partial charge on any atom is 0.138 e. The second kappa shape index (κ2) is 13.9. The highest BCUT2D eigenvalue weighted by Crippen LogP contribution is 2.50. The number of pyridine rings is 1. The van der Waals surface area contributed by atoms with Gasteiger partial charge in [-0.3, -0.25) is 4.57 Å². The van der Waals surface area contributed by atoms with E-state index in [1.54, 1.807) is 0 Å². The van der Waals surface area contributed by atoms with Gasteiger partial charge in [-0.05, 0) is 84.4 Å². The van der Waals surface area contributed by atoms with Crippen LogP contribution in [0.15, 0.2) is 230 Å². The van der Waals surface area contributed by atoms with Crippen LogP contribution in [0.5, 0.6) is 0 Å². The number of fused-ring (bicyclic) bond motifs is 14. The third-order valence-electron chi connectivity index (χ3n) is 13.6. The molecule has 0 radical (unpaired) electrons. The van der Waals surface area contributed by atoms with Crippen LogP contribution in [0.1, 0.15) is 22.7 Å². The first-order valence-corrected chi connectivity index (χ1v) is 22.3. The molecule has 1 atom stereocenters. The predicted octanol–water partition coefficient (Wildman–Crippen LogP) is 15.1. The molecule has 1 aliphatic heterocycles. The molecule has 0 N–H and O–H groups in total. The second-order valence-electron chi connectivity index (χ2n) is 17.1. The molecule has 5 heteroatoms. The average Bonchev–Trinajstić information content (AvgIpc) is 3.98. The van der Waals surface area contributed by atoms with Crippen LogP contribution in [-0.2, 0) is 0 Å². The number of anilines is 2. The third kappa shape index (κ3) is 5.24. The van der Waals surface area contributed by atoms with Crippen molar-refractivity contribution in [3.63, 3.8) is 0 Å². The van der Waals surface area contributed by atoms with Gasteiger partial charge < -0.3 is 14.0 Å². The number of hydrogen-bond acceptors (Lipinski definition) is 2. The van der Waals surface area contributed by atoms with Crippen molar-refractivity contribution < 1.29 is 0 Å². The van der Waals surface area contributed by atoms with E-state index >= 15 is 0 Å². The van der Waals surface area contributed by atoms with E-state index in [9.17, 15) is 0 Å². The Balaban J connectivity index is 0.978. The van der Waals surface area contributed by atoms with E-state index in [2.05, 4.69) is 249 Å². The van der Waals surface area contributed by atoms with Gasteiger partial charge in [0, 0.05) is 72.4 Å². The molecule has 1 unspecified atom stereocenters. The van der Waals surface area contributed by atoms with E-state index in [-0.39, 0.29) is 5.92 Å². The SMILES string of the molecule is C1=Cc2c(n(-c3cccc(-c4ccccc4)n3)c3ccccc23)C2C=C1N(c1cccc(-n3c4ccccc4c4ccc5c6ccccc6n(-c6ccccc6)c5c43)c1)c1ccccc12. The van der Waals surface area contributed by atoms with Gasteiger partial charge in [0.05, 0.1) is 39.0 Å². The molecule has 304 valence electrons. The number of allylic oxidation sites excluding steroid dienone is 2. The first-order valence-electron chi connectivity index (χ1n) is 22.3. The maximum absolute atomic E-state index is 5.33. The monoisotopic (exact) mass is 829 g/mol. The van der Waals surface area contributed by atoms with Crippen molar-refractivity contribution in [2.75, 3.05) is 4.90 Å². The van der Waals surface area contributed by atoms with Crippen LogP contribution in [-0.4, -0.2) is 18.7 Å². The van der Waals surface area contributed by atoms with Crippen LogP contribution in [0.4, 0.5) is 11.4 Å². The van der Waals surface area contributed by atoms with Gasteiger partial charge in [-0.1, -0.05) is 152 Å². The zero-order valence-corrected chi connectivity index (χ0v) is 35.3. The number of rotatable bonds is 5. The number of hydrogen-bond donors (Lipinski definition) is 0. The zero-order chi connectivity index (χ0) is 42.6. The number of benzene rings is 8. The summed E-state index contributed by atoms with van der Waals surface area (Å²) >= 11 is 0. The molecule has 1 aliphatic carbocycles. The number of nitrogens with zero attached hydrogens (tertiary/aromatic N) is 5. The molecule has 65 heavy (non-hydrogen) atoms. The Morgan fingerprint density at radius 1 is 0.400 bits per heavy atom. The van der Waals surface area contributed by atoms with Gasteiger partial charge in [0.2, 0.25) is 0 Å². The van der Waals surface area contributed by atoms with Crippen LogP contribution in [0.25, 0.3) is 89.0 Å². The Hall–Kier alpha value is -8.67. The summed E-state index contributed by atoms with van der Waals surface area (Å²) in [6, 6.07) is 76.8. The fraction of sp³-hybridized carbons (Fsp3) is 0.0167. The van der Waals surface area contributed by atoms with Crippen LogP contribution < -0.4 is 4.90 Å². The van der Waals surface area contributed by atoms with Crippen molar-refractivity contribution in [2.24, 2.45) is 0 Å². The van der Waals surface area contributed by atoms with Crippen LogP contribution in [0.2, 0.25) is 0 Å². The first-order chi connectivity index (χ1) is 32.3. The molecule has 12 aromatic rings. The van der Waals surface area contributed by atoms with Crippen molar-refractivity contribution in [3.8, 4) is 28.5 Å². The molecule has 8 aromatic carbocycles. The minimum absolute atomic E-state index is 0.0225. The Bertz CT molecular complexity index is 3960. The first kappa shape index (κ1) is 35.9. The van der Waals surface area contributed by atoms with Crippen LogP contribution >= 0.6 is 0 Å². The second-order valence-corrected chi connectivity index (χ2v) is 17.1. The molecule has 14 rings (SSSR count). The highest BCUT2D eigenvalue weighted by atomic mass is 15.2. The normalized spacial score (nSPS) is 14.3. The van der Waals surface area contributed by atoms with Crippen LogP contribution in [0, 0.1) is 0 Å². The highest BCUT2D eigenvalue weighted by Gasteiger charge is 2.34. The lowest BCUT2D eigenvalue weighted by Crippen LogP contribution is -2.23. The van der Waals surface area contributed by atoms with Gasteiger partial charge in [-0.25, -0.2) is 4.98 Å². The zero-order valence-electron chi connectivity index (χ0n) is 35.3. The standard InChI is InChI=1S/C60H39N5/c1-3-17-39(18-4-1)52-27-16-32-57(61-52)65-56-31-14-9-23-44(56)48-34-33-43-38-51(58(48)65)47-26-10-11-28-53(47)62(43)41-21-15-22-42(37-41)64-55-30-13-8-25-46(55)50-36-35-49-45-24-7-12-29-54(45)63(59(49)60(50)64)40-19-5-2-6-20-40/h1-38,51H.